The van der Waals surface area contributed by atoms with Crippen molar-refractivity contribution in [3.63, 3.8) is 0 Å². The Bertz CT molecular complexity index is 1120. The molecule has 2 N–H and O–H groups in total. The van der Waals surface area contributed by atoms with E-state index in [1.165, 1.54) is 18.2 Å². The average molecular weight is 427 g/mol. The maximum absolute atomic E-state index is 12.7. The summed E-state index contributed by atoms with van der Waals surface area (Å²) >= 11 is 6.24. The number of fused-ring (bicyclic) bond motifs is 1. The number of benzene rings is 2. The third-order valence-electron chi connectivity index (χ3n) is 4.17. The molecular formula is C19H18ClF3N4O2. The Morgan fingerprint density at radius 3 is 2.55 bits per heavy atom. The van der Waals surface area contributed by atoms with Crippen molar-refractivity contribution in [1.29, 1.82) is 0 Å². The van der Waals surface area contributed by atoms with Gasteiger partial charge in [0.25, 0.3) is 5.91 Å². The monoisotopic (exact) mass is 426 g/mol. The van der Waals surface area contributed by atoms with Crippen molar-refractivity contribution in [2.45, 2.75) is 19.3 Å². The highest BCUT2D eigenvalue weighted by Gasteiger charge is 2.29. The molecule has 0 bridgehead atoms. The van der Waals surface area contributed by atoms with Crippen LogP contribution in [0.2, 0.25) is 5.02 Å². The first kappa shape index (κ1) is 20.9. The van der Waals surface area contributed by atoms with E-state index in [0.717, 1.165) is 5.56 Å². The lowest BCUT2D eigenvalue weighted by Gasteiger charge is -2.13. The number of carbonyl (C=O) groups is 1. The van der Waals surface area contributed by atoms with Crippen LogP contribution >= 0.6 is 11.6 Å². The molecule has 0 radical (unpaired) electrons. The molecule has 0 aliphatic carbocycles. The predicted molar refractivity (Wildman–Crippen MR) is 105 cm³/mol. The van der Waals surface area contributed by atoms with E-state index < -0.39 is 24.3 Å². The van der Waals surface area contributed by atoms with Crippen molar-refractivity contribution < 1.29 is 18.0 Å². The van der Waals surface area contributed by atoms with E-state index in [0.29, 0.717) is 21.8 Å². The molecule has 1 aromatic heterocycles. The van der Waals surface area contributed by atoms with Crippen LogP contribution in [0.3, 0.4) is 0 Å². The van der Waals surface area contributed by atoms with Crippen molar-refractivity contribution in [2.24, 2.45) is 0 Å². The minimum Gasteiger partial charge on any atom is -0.322 e. The van der Waals surface area contributed by atoms with Crippen molar-refractivity contribution in [1.82, 2.24) is 14.5 Å². The molecule has 0 unspecified atom stereocenters. The van der Waals surface area contributed by atoms with Gasteiger partial charge in [0, 0.05) is 22.8 Å². The molecule has 154 valence electrons. The number of anilines is 1. The molecule has 0 aliphatic rings. The number of imidazole rings is 1. The quantitative estimate of drug-likeness (QED) is 0.651. The Balaban J connectivity index is 1.83. The van der Waals surface area contributed by atoms with Gasteiger partial charge in [-0.2, -0.15) is 13.2 Å². The Kier molecular flexibility index (Phi) is 5.72. The number of halogens is 4. The number of aromatic nitrogens is 2. The molecule has 0 saturated heterocycles. The highest BCUT2D eigenvalue weighted by molar-refractivity contribution is 6.31. The molecule has 3 rings (SSSR count). The molecular weight excluding hydrogens is 409 g/mol. The number of aromatic amines is 1. The van der Waals surface area contributed by atoms with E-state index in [-0.39, 0.29) is 16.6 Å². The topological polar surface area (TPSA) is 70.1 Å². The predicted octanol–water partition coefficient (Wildman–Crippen LogP) is 3.86. The second-order valence-corrected chi connectivity index (χ2v) is 7.27. The molecule has 0 atom stereocenters. The van der Waals surface area contributed by atoms with Crippen LogP contribution in [0.1, 0.15) is 15.9 Å². The fourth-order valence-electron chi connectivity index (χ4n) is 2.94. The third kappa shape index (κ3) is 4.99. The van der Waals surface area contributed by atoms with E-state index >= 15 is 0 Å². The summed E-state index contributed by atoms with van der Waals surface area (Å²) in [6, 6.07) is 9.14. The van der Waals surface area contributed by atoms with Gasteiger partial charge in [0.05, 0.1) is 11.0 Å². The lowest BCUT2D eigenvalue weighted by Crippen LogP contribution is -2.26. The lowest BCUT2D eigenvalue weighted by atomic mass is 10.1. The minimum absolute atomic E-state index is 0.0694. The van der Waals surface area contributed by atoms with Gasteiger partial charge >= 0.3 is 11.9 Å². The van der Waals surface area contributed by atoms with Gasteiger partial charge in [-0.15, -0.1) is 0 Å². The average Bonchev–Trinajstić information content (AvgIpc) is 2.90. The van der Waals surface area contributed by atoms with Crippen LogP contribution in [0, 0.1) is 0 Å². The van der Waals surface area contributed by atoms with Crippen LogP contribution in [0.15, 0.2) is 41.2 Å². The SMILES string of the molecule is CN(C)Cc1ccc(NC(=O)c2ccc3c(c2)[nH]c(=O)n3CC(F)(F)F)cc1Cl. The first-order valence-electron chi connectivity index (χ1n) is 8.57. The maximum Gasteiger partial charge on any atom is 0.406 e. The maximum atomic E-state index is 12.7. The van der Waals surface area contributed by atoms with Gasteiger partial charge in [0.15, 0.2) is 0 Å². The van der Waals surface area contributed by atoms with Crippen molar-refractivity contribution in [2.75, 3.05) is 19.4 Å². The highest BCUT2D eigenvalue weighted by Crippen LogP contribution is 2.23. The van der Waals surface area contributed by atoms with E-state index in [1.807, 2.05) is 19.0 Å². The van der Waals surface area contributed by atoms with E-state index in [2.05, 4.69) is 10.3 Å². The fraction of sp³-hybridized carbons (Fsp3) is 0.263. The van der Waals surface area contributed by atoms with Gasteiger partial charge in [0.1, 0.15) is 6.54 Å². The van der Waals surface area contributed by atoms with Crippen LogP contribution in [0.4, 0.5) is 18.9 Å². The zero-order valence-corrected chi connectivity index (χ0v) is 16.4. The summed E-state index contributed by atoms with van der Waals surface area (Å²) < 4.78 is 38.6. The lowest BCUT2D eigenvalue weighted by molar-refractivity contribution is -0.140. The second kappa shape index (κ2) is 7.92. The molecule has 0 spiro atoms. The fourth-order valence-corrected chi connectivity index (χ4v) is 3.18. The first-order chi connectivity index (χ1) is 13.5. The largest absolute Gasteiger partial charge is 0.406 e. The summed E-state index contributed by atoms with van der Waals surface area (Å²) in [6.07, 6.45) is -4.53. The van der Waals surface area contributed by atoms with Gasteiger partial charge in [-0.25, -0.2) is 4.79 Å². The summed E-state index contributed by atoms with van der Waals surface area (Å²) in [5.74, 6) is -0.479. The summed E-state index contributed by atoms with van der Waals surface area (Å²) in [6.45, 7) is -0.763. The summed E-state index contributed by atoms with van der Waals surface area (Å²) in [7, 11) is 3.82. The Morgan fingerprint density at radius 1 is 1.21 bits per heavy atom. The van der Waals surface area contributed by atoms with Crippen molar-refractivity contribution in [3.05, 3.63) is 63.0 Å². The van der Waals surface area contributed by atoms with Crippen LogP contribution in [0.5, 0.6) is 0 Å². The van der Waals surface area contributed by atoms with Gasteiger partial charge < -0.3 is 15.2 Å². The van der Waals surface area contributed by atoms with Gasteiger partial charge in [0.2, 0.25) is 0 Å². The highest BCUT2D eigenvalue weighted by atomic mass is 35.5. The zero-order chi connectivity index (χ0) is 21.3. The molecule has 10 heteroatoms. The smallest absolute Gasteiger partial charge is 0.322 e. The Hall–Kier alpha value is -2.78. The van der Waals surface area contributed by atoms with Gasteiger partial charge in [-0.05, 0) is 50.0 Å². The molecule has 0 aliphatic heterocycles. The molecule has 1 heterocycles. The Morgan fingerprint density at radius 2 is 1.93 bits per heavy atom. The summed E-state index contributed by atoms with van der Waals surface area (Å²) in [5.41, 5.74) is 0.890. The first-order valence-corrected chi connectivity index (χ1v) is 8.95. The zero-order valence-electron chi connectivity index (χ0n) is 15.6. The molecule has 2 aromatic carbocycles. The number of carbonyl (C=O) groups excluding carboxylic acids is 1. The van der Waals surface area contributed by atoms with Crippen molar-refractivity contribution >= 4 is 34.2 Å². The minimum atomic E-state index is -4.53. The number of hydrogen-bond donors (Lipinski definition) is 2. The van der Waals surface area contributed by atoms with Crippen LogP contribution in [-0.2, 0) is 13.1 Å². The second-order valence-electron chi connectivity index (χ2n) is 6.86. The molecule has 1 amide bonds. The number of amides is 1. The van der Waals surface area contributed by atoms with Gasteiger partial charge in [-0.3, -0.25) is 9.36 Å². The third-order valence-corrected chi connectivity index (χ3v) is 4.52. The molecule has 6 nitrogen and oxygen atoms in total. The van der Waals surface area contributed by atoms with Gasteiger partial charge in [-0.1, -0.05) is 17.7 Å². The normalized spacial score (nSPS) is 12.0. The number of H-pyrrole nitrogens is 1. The number of nitrogens with one attached hydrogen (secondary N) is 2. The van der Waals surface area contributed by atoms with Crippen LogP contribution < -0.4 is 11.0 Å². The number of nitrogens with zero attached hydrogens (tertiary/aromatic N) is 2. The standard InChI is InChI=1S/C19H18ClF3N4O2/c1-26(2)9-12-3-5-13(8-14(12)20)24-17(28)11-4-6-16-15(7-11)25-18(29)27(16)10-19(21,22)23/h3-8H,9-10H2,1-2H3,(H,24,28)(H,25,29). The number of rotatable bonds is 5. The number of hydrogen-bond acceptors (Lipinski definition) is 3. The summed E-state index contributed by atoms with van der Waals surface area (Å²) in [4.78, 5) is 28.6. The van der Waals surface area contributed by atoms with Crippen molar-refractivity contribution in [3.8, 4) is 0 Å². The van der Waals surface area contributed by atoms with Crippen LogP contribution in [0.25, 0.3) is 11.0 Å². The van der Waals surface area contributed by atoms with E-state index in [4.69, 9.17) is 11.6 Å². The molecule has 0 fully saturated rings. The molecule has 0 saturated carbocycles. The summed E-state index contributed by atoms with van der Waals surface area (Å²) in [5, 5.41) is 3.19. The molecule has 3 aromatic rings. The van der Waals surface area contributed by atoms with Crippen LogP contribution in [-0.4, -0.2) is 40.6 Å². The number of alkyl halides is 3. The molecule has 29 heavy (non-hydrogen) atoms. The Labute approximate surface area is 168 Å². The van der Waals surface area contributed by atoms with E-state index in [1.54, 1.807) is 18.2 Å². The van der Waals surface area contributed by atoms with E-state index in [9.17, 15) is 22.8 Å².